The third-order valence-corrected chi connectivity index (χ3v) is 7.04. The van der Waals surface area contributed by atoms with Crippen molar-refractivity contribution in [1.82, 2.24) is 5.32 Å². The van der Waals surface area contributed by atoms with Crippen LogP contribution in [-0.2, 0) is 10.0 Å². The highest BCUT2D eigenvalue weighted by Crippen LogP contribution is 2.39. The largest absolute Gasteiger partial charge is 0.454 e. The fourth-order valence-electron chi connectivity index (χ4n) is 3.43. The Labute approximate surface area is 206 Å². The van der Waals surface area contributed by atoms with Gasteiger partial charge >= 0.3 is 0 Å². The molecule has 0 aromatic heterocycles. The first-order chi connectivity index (χ1) is 16.2. The lowest BCUT2D eigenvalue weighted by molar-refractivity contribution is 0.0853. The number of nitrogens with one attached hydrogen (secondary N) is 2. The van der Waals surface area contributed by atoms with Gasteiger partial charge in [-0.15, -0.1) is 0 Å². The van der Waals surface area contributed by atoms with Crippen molar-refractivity contribution in [3.63, 3.8) is 0 Å². The van der Waals surface area contributed by atoms with E-state index in [1.165, 1.54) is 30.3 Å². The summed E-state index contributed by atoms with van der Waals surface area (Å²) in [6, 6.07) is 14.5. The molecule has 1 aliphatic heterocycles. The van der Waals surface area contributed by atoms with Crippen LogP contribution in [0.1, 0.15) is 28.9 Å². The van der Waals surface area contributed by atoms with E-state index >= 15 is 0 Å². The van der Waals surface area contributed by atoms with Gasteiger partial charge in [-0.3, -0.25) is 9.52 Å². The maximum atomic E-state index is 13.1. The molecule has 3 N–H and O–H groups in total. The summed E-state index contributed by atoms with van der Waals surface area (Å²) in [6.45, 7) is 1.53. The number of ether oxygens (including phenoxy) is 2. The van der Waals surface area contributed by atoms with Crippen LogP contribution in [0.2, 0.25) is 10.0 Å². The van der Waals surface area contributed by atoms with Gasteiger partial charge in [0.2, 0.25) is 6.79 Å². The van der Waals surface area contributed by atoms with Gasteiger partial charge in [-0.05, 0) is 55.0 Å². The number of carbonyl (C=O) groups excluding carboxylic acids is 1. The molecule has 1 amide bonds. The summed E-state index contributed by atoms with van der Waals surface area (Å²) in [6.07, 6.45) is -1.02. The van der Waals surface area contributed by atoms with Crippen LogP contribution in [0.15, 0.2) is 65.6 Å². The third kappa shape index (κ3) is 5.07. The summed E-state index contributed by atoms with van der Waals surface area (Å²) < 4.78 is 39.2. The van der Waals surface area contributed by atoms with Crippen LogP contribution in [0.25, 0.3) is 0 Å². The van der Waals surface area contributed by atoms with E-state index in [0.29, 0.717) is 16.3 Å². The van der Waals surface area contributed by atoms with Crippen LogP contribution < -0.4 is 19.5 Å². The average Bonchev–Trinajstić information content (AvgIpc) is 3.27. The highest BCUT2D eigenvalue weighted by atomic mass is 35.5. The second-order valence-corrected chi connectivity index (χ2v) is 10.1. The van der Waals surface area contributed by atoms with Gasteiger partial charge < -0.3 is 19.9 Å². The van der Waals surface area contributed by atoms with Crippen molar-refractivity contribution in [2.45, 2.75) is 24.0 Å². The lowest BCUT2D eigenvalue weighted by Crippen LogP contribution is -2.37. The number of aliphatic hydroxyl groups is 1. The summed E-state index contributed by atoms with van der Waals surface area (Å²) in [5, 5.41) is 14.0. The molecular formula is C23H20Cl2N2O6S. The van der Waals surface area contributed by atoms with Crippen molar-refractivity contribution >= 4 is 44.8 Å². The molecule has 4 rings (SSSR count). The average molecular weight is 523 g/mol. The molecule has 2 atom stereocenters. The van der Waals surface area contributed by atoms with Gasteiger partial charge in [-0.2, -0.15) is 0 Å². The molecule has 0 radical (unpaired) electrons. The summed E-state index contributed by atoms with van der Waals surface area (Å²) >= 11 is 12.0. The first-order valence-corrected chi connectivity index (χ1v) is 12.3. The Morgan fingerprint density at radius 3 is 2.47 bits per heavy atom. The van der Waals surface area contributed by atoms with E-state index in [9.17, 15) is 18.3 Å². The van der Waals surface area contributed by atoms with Crippen molar-refractivity contribution in [2.75, 3.05) is 11.5 Å². The Morgan fingerprint density at radius 1 is 1.03 bits per heavy atom. The molecule has 11 heteroatoms. The van der Waals surface area contributed by atoms with Crippen LogP contribution in [0.5, 0.6) is 11.5 Å². The molecule has 8 nitrogen and oxygen atoms in total. The van der Waals surface area contributed by atoms with Crippen LogP contribution >= 0.6 is 23.2 Å². The number of carbonyl (C=O) groups is 1. The minimum absolute atomic E-state index is 0.0212. The Kier molecular flexibility index (Phi) is 6.90. The third-order valence-electron chi connectivity index (χ3n) is 5.16. The zero-order valence-electron chi connectivity index (χ0n) is 17.8. The van der Waals surface area contributed by atoms with Gasteiger partial charge in [0.15, 0.2) is 11.5 Å². The summed E-state index contributed by atoms with van der Waals surface area (Å²) in [7, 11) is -4.16. The number of benzene rings is 3. The Hall–Kier alpha value is -2.98. The quantitative estimate of drug-likeness (QED) is 0.424. The van der Waals surface area contributed by atoms with E-state index in [1.54, 1.807) is 37.3 Å². The van der Waals surface area contributed by atoms with Crippen molar-refractivity contribution in [3.8, 4) is 11.5 Å². The summed E-state index contributed by atoms with van der Waals surface area (Å²) in [5.74, 6) is -0.215. The van der Waals surface area contributed by atoms with Crippen molar-refractivity contribution in [2.24, 2.45) is 0 Å². The molecule has 2 unspecified atom stereocenters. The fourth-order valence-corrected chi connectivity index (χ4v) is 4.95. The monoisotopic (exact) mass is 522 g/mol. The molecule has 0 fully saturated rings. The molecule has 34 heavy (non-hydrogen) atoms. The number of amides is 1. The van der Waals surface area contributed by atoms with E-state index in [0.717, 1.165) is 0 Å². The summed E-state index contributed by atoms with van der Waals surface area (Å²) in [4.78, 5) is 12.9. The normalized spacial score (nSPS) is 14.4. The molecule has 1 aliphatic rings. The number of sulfonamides is 1. The van der Waals surface area contributed by atoms with Crippen LogP contribution in [-0.4, -0.2) is 32.3 Å². The van der Waals surface area contributed by atoms with Gasteiger partial charge in [0.05, 0.1) is 23.4 Å². The fraction of sp³-hybridized carbons (Fsp3) is 0.174. The highest BCUT2D eigenvalue weighted by Gasteiger charge is 2.28. The Bertz CT molecular complexity index is 1330. The summed E-state index contributed by atoms with van der Waals surface area (Å²) in [5.41, 5.74) is 0.553. The van der Waals surface area contributed by atoms with Crippen molar-refractivity contribution in [1.29, 1.82) is 0 Å². The molecule has 0 spiro atoms. The number of anilines is 1. The SMILES string of the molecule is CC(NC(=O)c1ccc(Cl)cc1NS(=O)(=O)c1cccc2c1OCO2)C(O)c1ccc(Cl)cc1. The molecule has 1 heterocycles. The van der Waals surface area contributed by atoms with Crippen LogP contribution in [0, 0.1) is 0 Å². The topological polar surface area (TPSA) is 114 Å². The molecule has 178 valence electrons. The number of rotatable bonds is 7. The molecular weight excluding hydrogens is 503 g/mol. The molecule has 3 aromatic carbocycles. The zero-order chi connectivity index (χ0) is 24.5. The minimum atomic E-state index is -4.16. The lowest BCUT2D eigenvalue weighted by atomic mass is 10.0. The molecule has 3 aromatic rings. The number of fused-ring (bicyclic) bond motifs is 1. The highest BCUT2D eigenvalue weighted by molar-refractivity contribution is 7.92. The Morgan fingerprint density at radius 2 is 1.74 bits per heavy atom. The first-order valence-electron chi connectivity index (χ1n) is 10.1. The van der Waals surface area contributed by atoms with Gasteiger partial charge in [0.25, 0.3) is 15.9 Å². The number of para-hydroxylation sites is 1. The van der Waals surface area contributed by atoms with E-state index in [1.807, 2.05) is 0 Å². The number of halogens is 2. The van der Waals surface area contributed by atoms with E-state index in [-0.39, 0.29) is 33.7 Å². The number of hydrogen-bond acceptors (Lipinski definition) is 6. The molecule has 0 bridgehead atoms. The lowest BCUT2D eigenvalue weighted by Gasteiger charge is -2.22. The maximum Gasteiger partial charge on any atom is 0.265 e. The number of hydrogen-bond donors (Lipinski definition) is 3. The van der Waals surface area contributed by atoms with E-state index < -0.39 is 28.1 Å². The van der Waals surface area contributed by atoms with Crippen molar-refractivity contribution in [3.05, 3.63) is 81.8 Å². The van der Waals surface area contributed by atoms with Gasteiger partial charge in [-0.25, -0.2) is 8.42 Å². The van der Waals surface area contributed by atoms with E-state index in [2.05, 4.69) is 10.0 Å². The predicted octanol–water partition coefficient (Wildman–Crippen LogP) is 4.37. The second kappa shape index (κ2) is 9.71. The smallest absolute Gasteiger partial charge is 0.265 e. The molecule has 0 saturated heterocycles. The minimum Gasteiger partial charge on any atom is -0.454 e. The van der Waals surface area contributed by atoms with Crippen LogP contribution in [0.4, 0.5) is 5.69 Å². The standard InChI is InChI=1S/C23H20Cl2N2O6S/c1-13(21(28)14-5-7-15(24)8-6-14)26-23(29)17-10-9-16(25)11-18(17)27-34(30,31)20-4-2-3-19-22(20)33-12-32-19/h2-11,13,21,27-28H,12H2,1H3,(H,26,29). The second-order valence-electron chi connectivity index (χ2n) is 7.54. The van der Waals surface area contributed by atoms with Crippen LogP contribution in [0.3, 0.4) is 0 Å². The van der Waals surface area contributed by atoms with E-state index in [4.69, 9.17) is 32.7 Å². The molecule has 0 aliphatic carbocycles. The Balaban J connectivity index is 1.58. The molecule has 0 saturated carbocycles. The van der Waals surface area contributed by atoms with Gasteiger partial charge in [0.1, 0.15) is 4.90 Å². The first kappa shape index (κ1) is 24.2. The van der Waals surface area contributed by atoms with Gasteiger partial charge in [0, 0.05) is 10.0 Å². The number of aliphatic hydroxyl groups excluding tert-OH is 1. The van der Waals surface area contributed by atoms with Gasteiger partial charge in [-0.1, -0.05) is 41.4 Å². The zero-order valence-corrected chi connectivity index (χ0v) is 20.1. The van der Waals surface area contributed by atoms with Crippen molar-refractivity contribution < 1.29 is 27.8 Å². The maximum absolute atomic E-state index is 13.1. The predicted molar refractivity (Wildman–Crippen MR) is 128 cm³/mol.